The molecule has 0 spiro atoms. The van der Waals surface area contributed by atoms with Crippen molar-refractivity contribution in [2.45, 2.75) is 38.1 Å². The molecule has 1 heterocycles. The first-order valence-electron chi connectivity index (χ1n) is 9.88. The number of hydrogen-bond acceptors (Lipinski definition) is 3. The molecule has 0 saturated carbocycles. The van der Waals surface area contributed by atoms with E-state index in [1.165, 1.54) is 0 Å². The zero-order valence-electron chi connectivity index (χ0n) is 17.2. The van der Waals surface area contributed by atoms with Crippen LogP contribution in [-0.2, 0) is 16.4 Å². The number of sulfonamides is 1. The first-order valence-corrected chi connectivity index (χ1v) is 11.4. The summed E-state index contributed by atoms with van der Waals surface area (Å²) >= 11 is 0. The SMILES string of the molecule is Cc1cccc(C)c1NS(=O)(=O)c1ccc2c(c1)C[C@@H](C)N2C(=O)c1ccccc1. The Morgan fingerprint density at radius 1 is 0.967 bits per heavy atom. The molecule has 1 amide bonds. The number of fused-ring (bicyclic) bond motifs is 1. The maximum absolute atomic E-state index is 13.0. The van der Waals surface area contributed by atoms with Crippen molar-refractivity contribution in [2.24, 2.45) is 0 Å². The average Bonchev–Trinajstić information content (AvgIpc) is 3.06. The van der Waals surface area contributed by atoms with Crippen LogP contribution >= 0.6 is 0 Å². The fourth-order valence-corrected chi connectivity index (χ4v) is 5.23. The van der Waals surface area contributed by atoms with E-state index in [0.717, 1.165) is 22.4 Å². The lowest BCUT2D eigenvalue weighted by molar-refractivity contribution is 0.0981. The summed E-state index contributed by atoms with van der Waals surface area (Å²) in [6.07, 6.45) is 0.612. The first-order chi connectivity index (χ1) is 14.3. The maximum Gasteiger partial charge on any atom is 0.261 e. The summed E-state index contributed by atoms with van der Waals surface area (Å²) < 4.78 is 28.8. The van der Waals surface area contributed by atoms with E-state index in [-0.39, 0.29) is 16.8 Å². The number of benzene rings is 3. The molecule has 1 atom stereocenters. The predicted octanol–water partition coefficient (Wildman–Crippen LogP) is 4.70. The lowest BCUT2D eigenvalue weighted by Crippen LogP contribution is -2.35. The van der Waals surface area contributed by atoms with Crippen molar-refractivity contribution < 1.29 is 13.2 Å². The smallest absolute Gasteiger partial charge is 0.261 e. The number of hydrogen-bond donors (Lipinski definition) is 1. The van der Waals surface area contributed by atoms with Gasteiger partial charge in [-0.25, -0.2) is 8.42 Å². The number of carbonyl (C=O) groups excluding carboxylic acids is 1. The molecule has 0 aliphatic carbocycles. The van der Waals surface area contributed by atoms with Gasteiger partial charge < -0.3 is 4.90 Å². The molecule has 3 aromatic rings. The van der Waals surface area contributed by atoms with Crippen LogP contribution in [0.25, 0.3) is 0 Å². The second-order valence-electron chi connectivity index (χ2n) is 7.76. The third-order valence-electron chi connectivity index (χ3n) is 5.53. The number of nitrogens with one attached hydrogen (secondary N) is 1. The molecule has 6 heteroatoms. The van der Waals surface area contributed by atoms with E-state index in [2.05, 4.69) is 4.72 Å². The first kappa shape index (κ1) is 20.2. The molecule has 5 nitrogen and oxygen atoms in total. The minimum atomic E-state index is -3.74. The fourth-order valence-electron chi connectivity index (χ4n) is 3.97. The van der Waals surface area contributed by atoms with E-state index in [0.29, 0.717) is 17.7 Å². The van der Waals surface area contributed by atoms with Crippen LogP contribution in [0.15, 0.2) is 71.6 Å². The lowest BCUT2D eigenvalue weighted by Gasteiger charge is -2.23. The van der Waals surface area contributed by atoms with E-state index < -0.39 is 10.0 Å². The Hall–Kier alpha value is -3.12. The average molecular weight is 421 g/mol. The Kier molecular flexibility index (Phi) is 5.12. The monoisotopic (exact) mass is 420 g/mol. The van der Waals surface area contributed by atoms with Crippen LogP contribution in [0.5, 0.6) is 0 Å². The highest BCUT2D eigenvalue weighted by atomic mass is 32.2. The molecule has 0 bridgehead atoms. The van der Waals surface area contributed by atoms with Gasteiger partial charge in [-0.2, -0.15) is 0 Å². The van der Waals surface area contributed by atoms with E-state index in [1.807, 2.05) is 57.2 Å². The van der Waals surface area contributed by atoms with Crippen LogP contribution < -0.4 is 9.62 Å². The third-order valence-corrected chi connectivity index (χ3v) is 6.88. The van der Waals surface area contributed by atoms with Gasteiger partial charge >= 0.3 is 0 Å². The number of para-hydroxylation sites is 1. The summed E-state index contributed by atoms with van der Waals surface area (Å²) in [4.78, 5) is 15.0. The van der Waals surface area contributed by atoms with Crippen LogP contribution in [0, 0.1) is 13.8 Å². The molecular formula is C24H24N2O3S. The van der Waals surface area contributed by atoms with Gasteiger partial charge in [0.15, 0.2) is 0 Å². The second-order valence-corrected chi connectivity index (χ2v) is 9.44. The van der Waals surface area contributed by atoms with Crippen LogP contribution in [0.2, 0.25) is 0 Å². The highest BCUT2D eigenvalue weighted by molar-refractivity contribution is 7.92. The molecule has 4 rings (SSSR count). The molecule has 154 valence electrons. The Morgan fingerprint density at radius 2 is 1.63 bits per heavy atom. The largest absolute Gasteiger partial charge is 0.305 e. The summed E-state index contributed by atoms with van der Waals surface area (Å²) in [5.74, 6) is -0.0777. The summed E-state index contributed by atoms with van der Waals surface area (Å²) in [7, 11) is -3.74. The Morgan fingerprint density at radius 3 is 2.30 bits per heavy atom. The second kappa shape index (κ2) is 7.61. The molecule has 1 N–H and O–H groups in total. The number of rotatable bonds is 4. The molecule has 3 aromatic carbocycles. The summed E-state index contributed by atoms with van der Waals surface area (Å²) in [6, 6.07) is 19.7. The van der Waals surface area contributed by atoms with Gasteiger partial charge in [-0.1, -0.05) is 36.4 Å². The quantitative estimate of drug-likeness (QED) is 0.666. The summed E-state index contributed by atoms with van der Waals surface area (Å²) in [5.41, 5.74) is 4.58. The van der Waals surface area contributed by atoms with Crippen molar-refractivity contribution >= 4 is 27.3 Å². The lowest BCUT2D eigenvalue weighted by atomic mass is 10.1. The number of carbonyl (C=O) groups is 1. The molecular weight excluding hydrogens is 396 g/mol. The predicted molar refractivity (Wildman–Crippen MR) is 120 cm³/mol. The molecule has 1 aliphatic heterocycles. The minimum Gasteiger partial charge on any atom is -0.305 e. The Labute approximate surface area is 177 Å². The van der Waals surface area contributed by atoms with E-state index >= 15 is 0 Å². The highest BCUT2D eigenvalue weighted by Gasteiger charge is 2.32. The van der Waals surface area contributed by atoms with Gasteiger partial charge in [0, 0.05) is 17.3 Å². The van der Waals surface area contributed by atoms with Crippen molar-refractivity contribution in [3.8, 4) is 0 Å². The third kappa shape index (κ3) is 3.59. The van der Waals surface area contributed by atoms with Gasteiger partial charge in [-0.3, -0.25) is 9.52 Å². The molecule has 0 fully saturated rings. The molecule has 1 aliphatic rings. The zero-order valence-corrected chi connectivity index (χ0v) is 18.0. The minimum absolute atomic E-state index is 0.0442. The van der Waals surface area contributed by atoms with Gasteiger partial charge in [0.2, 0.25) is 0 Å². The van der Waals surface area contributed by atoms with Crippen LogP contribution in [0.4, 0.5) is 11.4 Å². The van der Waals surface area contributed by atoms with Crippen LogP contribution in [-0.4, -0.2) is 20.4 Å². The van der Waals surface area contributed by atoms with E-state index in [4.69, 9.17) is 0 Å². The molecule has 0 unspecified atom stereocenters. The number of nitrogens with zero attached hydrogens (tertiary/aromatic N) is 1. The molecule has 0 radical (unpaired) electrons. The fraction of sp³-hybridized carbons (Fsp3) is 0.208. The van der Waals surface area contributed by atoms with Crippen molar-refractivity contribution in [2.75, 3.05) is 9.62 Å². The van der Waals surface area contributed by atoms with Gasteiger partial charge in [-0.05, 0) is 74.2 Å². The normalized spacial score (nSPS) is 15.7. The summed E-state index contributed by atoms with van der Waals surface area (Å²) in [6.45, 7) is 5.73. The molecule has 0 aromatic heterocycles. The van der Waals surface area contributed by atoms with Crippen LogP contribution in [0.1, 0.15) is 34.0 Å². The van der Waals surface area contributed by atoms with E-state index in [1.54, 1.807) is 35.2 Å². The number of anilines is 2. The number of aryl methyl sites for hydroxylation is 2. The Bertz CT molecular complexity index is 1200. The van der Waals surface area contributed by atoms with Crippen molar-refractivity contribution in [1.82, 2.24) is 0 Å². The van der Waals surface area contributed by atoms with Crippen molar-refractivity contribution in [3.63, 3.8) is 0 Å². The van der Waals surface area contributed by atoms with E-state index in [9.17, 15) is 13.2 Å². The van der Waals surface area contributed by atoms with Crippen molar-refractivity contribution in [3.05, 3.63) is 89.0 Å². The highest BCUT2D eigenvalue weighted by Crippen LogP contribution is 2.35. The zero-order chi connectivity index (χ0) is 21.5. The van der Waals surface area contributed by atoms with Crippen molar-refractivity contribution in [1.29, 1.82) is 0 Å². The molecule has 30 heavy (non-hydrogen) atoms. The van der Waals surface area contributed by atoms with Gasteiger partial charge in [0.1, 0.15) is 0 Å². The van der Waals surface area contributed by atoms with Crippen LogP contribution in [0.3, 0.4) is 0 Å². The maximum atomic E-state index is 13.0. The van der Waals surface area contributed by atoms with Gasteiger partial charge in [-0.15, -0.1) is 0 Å². The molecule has 0 saturated heterocycles. The topological polar surface area (TPSA) is 66.5 Å². The Balaban J connectivity index is 1.67. The van der Waals surface area contributed by atoms with Gasteiger partial charge in [0.05, 0.1) is 10.6 Å². The summed E-state index contributed by atoms with van der Waals surface area (Å²) in [5, 5.41) is 0. The number of amides is 1. The standard InChI is InChI=1S/C24H24N2O3S/c1-16-8-7-9-17(2)23(16)25-30(28,29)21-12-13-22-20(15-21)14-18(3)26(22)24(27)19-10-5-4-6-11-19/h4-13,15,18,25H,14H2,1-3H3/t18-/m1/s1. The van der Waals surface area contributed by atoms with Gasteiger partial charge in [0.25, 0.3) is 15.9 Å².